The van der Waals surface area contributed by atoms with Gasteiger partial charge in [0.25, 0.3) is 5.91 Å². The number of amides is 1. The minimum Gasteiger partial charge on any atom is -0.467 e. The average molecular weight is 291 g/mol. The Morgan fingerprint density at radius 2 is 1.81 bits per heavy atom. The van der Waals surface area contributed by atoms with Gasteiger partial charge in [0.05, 0.1) is 7.11 Å². The van der Waals surface area contributed by atoms with Crippen LogP contribution in [0.1, 0.15) is 43.0 Å². The van der Waals surface area contributed by atoms with Crippen LogP contribution < -0.4 is 5.32 Å². The average Bonchev–Trinajstić information content (AvgIpc) is 2.52. The number of hydrogen-bond acceptors (Lipinski definition) is 4. The van der Waals surface area contributed by atoms with Crippen molar-refractivity contribution in [2.45, 2.75) is 38.6 Å². The van der Waals surface area contributed by atoms with Crippen molar-refractivity contribution in [3.63, 3.8) is 0 Å². The summed E-state index contributed by atoms with van der Waals surface area (Å²) in [5.41, 5.74) is 0.396. The van der Waals surface area contributed by atoms with Crippen molar-refractivity contribution in [3.05, 3.63) is 35.9 Å². The molecule has 0 saturated heterocycles. The maximum absolute atomic E-state index is 12.1. The van der Waals surface area contributed by atoms with Gasteiger partial charge < -0.3 is 10.1 Å². The lowest BCUT2D eigenvalue weighted by molar-refractivity contribution is -0.146. The van der Waals surface area contributed by atoms with Gasteiger partial charge in [-0.2, -0.15) is 0 Å². The maximum atomic E-state index is 12.1. The molecule has 1 unspecified atom stereocenters. The van der Waals surface area contributed by atoms with E-state index in [1.54, 1.807) is 30.3 Å². The van der Waals surface area contributed by atoms with Gasteiger partial charge in [0.2, 0.25) is 0 Å². The zero-order valence-electron chi connectivity index (χ0n) is 12.4. The van der Waals surface area contributed by atoms with Crippen LogP contribution in [0.25, 0.3) is 0 Å². The summed E-state index contributed by atoms with van der Waals surface area (Å²) in [6.45, 7) is 2.03. The minimum atomic E-state index is -1.24. The standard InChI is InChI=1S/C16H21NO4/c1-3-4-6-11-13(18)14(16(20)21-2)17-15(19)12-9-7-5-8-10-12/h5,7-10,14H,3-4,6,11H2,1-2H3,(H,17,19). The third-order valence-electron chi connectivity index (χ3n) is 3.10. The van der Waals surface area contributed by atoms with Gasteiger partial charge >= 0.3 is 5.97 Å². The van der Waals surface area contributed by atoms with E-state index in [4.69, 9.17) is 0 Å². The van der Waals surface area contributed by atoms with Crippen LogP contribution in [0, 0.1) is 0 Å². The lowest BCUT2D eigenvalue weighted by Crippen LogP contribution is -2.47. The Balaban J connectivity index is 2.72. The van der Waals surface area contributed by atoms with Crippen molar-refractivity contribution < 1.29 is 19.1 Å². The first-order chi connectivity index (χ1) is 10.1. The van der Waals surface area contributed by atoms with Gasteiger partial charge in [-0.15, -0.1) is 0 Å². The fraction of sp³-hybridized carbons (Fsp3) is 0.438. The first-order valence-corrected chi connectivity index (χ1v) is 7.06. The van der Waals surface area contributed by atoms with Gasteiger partial charge in [0.1, 0.15) is 0 Å². The molecule has 0 fully saturated rings. The van der Waals surface area contributed by atoms with Crippen LogP contribution in [0.4, 0.5) is 0 Å². The van der Waals surface area contributed by atoms with E-state index in [1.807, 2.05) is 6.92 Å². The van der Waals surface area contributed by atoms with E-state index >= 15 is 0 Å². The molecule has 0 saturated carbocycles. The van der Waals surface area contributed by atoms with Crippen LogP contribution in [0.3, 0.4) is 0 Å². The molecule has 114 valence electrons. The van der Waals surface area contributed by atoms with E-state index in [1.165, 1.54) is 7.11 Å². The van der Waals surface area contributed by atoms with Crippen LogP contribution in [0.5, 0.6) is 0 Å². The number of methoxy groups -OCH3 is 1. The van der Waals surface area contributed by atoms with Gasteiger partial charge in [0.15, 0.2) is 11.8 Å². The Morgan fingerprint density at radius 1 is 1.14 bits per heavy atom. The number of carbonyl (C=O) groups is 3. The number of ether oxygens (including phenoxy) is 1. The highest BCUT2D eigenvalue weighted by Gasteiger charge is 2.28. The summed E-state index contributed by atoms with van der Waals surface area (Å²) in [6, 6.07) is 7.21. The molecule has 0 aliphatic heterocycles. The lowest BCUT2D eigenvalue weighted by Gasteiger charge is -2.15. The molecular weight excluding hydrogens is 270 g/mol. The van der Waals surface area contributed by atoms with Gasteiger partial charge in [-0.05, 0) is 18.6 Å². The van der Waals surface area contributed by atoms with E-state index in [0.29, 0.717) is 12.0 Å². The summed E-state index contributed by atoms with van der Waals surface area (Å²) in [7, 11) is 1.20. The summed E-state index contributed by atoms with van der Waals surface area (Å²) >= 11 is 0. The highest BCUT2D eigenvalue weighted by molar-refractivity contribution is 6.08. The third-order valence-corrected chi connectivity index (χ3v) is 3.10. The van der Waals surface area contributed by atoms with Crippen molar-refractivity contribution in [1.29, 1.82) is 0 Å². The van der Waals surface area contributed by atoms with E-state index in [0.717, 1.165) is 12.8 Å². The molecule has 0 aromatic heterocycles. The van der Waals surface area contributed by atoms with Crippen LogP contribution >= 0.6 is 0 Å². The summed E-state index contributed by atoms with van der Waals surface area (Å²) in [5.74, 6) is -1.52. The van der Waals surface area contributed by atoms with E-state index < -0.39 is 17.9 Å². The second-order valence-electron chi connectivity index (χ2n) is 4.72. The van der Waals surface area contributed by atoms with Crippen molar-refractivity contribution in [2.75, 3.05) is 7.11 Å². The maximum Gasteiger partial charge on any atom is 0.336 e. The molecule has 0 aliphatic carbocycles. The van der Waals surface area contributed by atoms with Crippen molar-refractivity contribution >= 4 is 17.7 Å². The highest BCUT2D eigenvalue weighted by Crippen LogP contribution is 2.05. The lowest BCUT2D eigenvalue weighted by atomic mass is 10.1. The van der Waals surface area contributed by atoms with Gasteiger partial charge in [0, 0.05) is 12.0 Å². The Hall–Kier alpha value is -2.17. The largest absolute Gasteiger partial charge is 0.467 e. The van der Waals surface area contributed by atoms with Gasteiger partial charge in [-0.25, -0.2) is 4.79 Å². The number of carbonyl (C=O) groups excluding carboxylic acids is 3. The fourth-order valence-corrected chi connectivity index (χ4v) is 1.89. The SMILES string of the molecule is CCCCCC(=O)C(NC(=O)c1ccccc1)C(=O)OC. The molecule has 0 spiro atoms. The molecule has 1 rings (SSSR count). The Bertz CT molecular complexity index is 484. The zero-order valence-corrected chi connectivity index (χ0v) is 12.4. The van der Waals surface area contributed by atoms with Gasteiger partial charge in [-0.3, -0.25) is 9.59 Å². The first kappa shape index (κ1) is 16.9. The Morgan fingerprint density at radius 3 is 2.38 bits per heavy atom. The zero-order chi connectivity index (χ0) is 15.7. The monoisotopic (exact) mass is 291 g/mol. The van der Waals surface area contributed by atoms with E-state index in [2.05, 4.69) is 10.1 Å². The number of rotatable bonds is 8. The highest BCUT2D eigenvalue weighted by atomic mass is 16.5. The van der Waals surface area contributed by atoms with Crippen molar-refractivity contribution in [1.82, 2.24) is 5.32 Å². The number of hydrogen-bond donors (Lipinski definition) is 1. The van der Waals surface area contributed by atoms with Crippen molar-refractivity contribution in [2.24, 2.45) is 0 Å². The number of unbranched alkanes of at least 4 members (excludes halogenated alkanes) is 2. The predicted molar refractivity (Wildman–Crippen MR) is 78.9 cm³/mol. The summed E-state index contributed by atoms with van der Waals surface area (Å²) in [6.07, 6.45) is 2.84. The number of esters is 1. The second-order valence-corrected chi connectivity index (χ2v) is 4.72. The molecule has 5 nitrogen and oxygen atoms in total. The van der Waals surface area contributed by atoms with Crippen LogP contribution in [-0.2, 0) is 14.3 Å². The molecule has 1 N–H and O–H groups in total. The summed E-state index contributed by atoms with van der Waals surface area (Å²) in [4.78, 5) is 35.8. The topological polar surface area (TPSA) is 72.5 Å². The smallest absolute Gasteiger partial charge is 0.336 e. The minimum absolute atomic E-state index is 0.253. The third kappa shape index (κ3) is 5.38. The fourth-order valence-electron chi connectivity index (χ4n) is 1.89. The molecule has 1 aromatic carbocycles. The Labute approximate surface area is 124 Å². The molecule has 0 radical (unpaired) electrons. The normalized spacial score (nSPS) is 11.5. The number of ketones is 1. The molecule has 0 aliphatic rings. The predicted octanol–water partition coefficient (Wildman–Crippen LogP) is 2.11. The molecule has 5 heteroatoms. The van der Waals surface area contributed by atoms with Crippen molar-refractivity contribution in [3.8, 4) is 0 Å². The molecule has 0 bridgehead atoms. The second kappa shape index (κ2) is 8.89. The quantitative estimate of drug-likeness (QED) is 0.452. The molecule has 0 heterocycles. The van der Waals surface area contributed by atoms with E-state index in [-0.39, 0.29) is 12.2 Å². The van der Waals surface area contributed by atoms with E-state index in [9.17, 15) is 14.4 Å². The van der Waals surface area contributed by atoms with Crippen LogP contribution in [0.2, 0.25) is 0 Å². The number of nitrogens with one attached hydrogen (secondary N) is 1. The van der Waals surface area contributed by atoms with Crippen LogP contribution in [0.15, 0.2) is 30.3 Å². The molecule has 1 amide bonds. The summed E-state index contributed by atoms with van der Waals surface area (Å²) < 4.78 is 4.60. The molecule has 1 atom stereocenters. The first-order valence-electron chi connectivity index (χ1n) is 7.06. The van der Waals surface area contributed by atoms with Crippen LogP contribution in [-0.4, -0.2) is 30.8 Å². The number of benzene rings is 1. The van der Waals surface area contributed by atoms with Gasteiger partial charge in [-0.1, -0.05) is 38.0 Å². The molecule has 1 aromatic rings. The Kier molecular flexibility index (Phi) is 7.15. The number of Topliss-reactive ketones (excluding diaryl/α,β-unsaturated/α-hetero) is 1. The summed E-state index contributed by atoms with van der Waals surface area (Å²) in [5, 5.41) is 2.45. The molecular formula is C16H21NO4. The molecule has 21 heavy (non-hydrogen) atoms.